The molecule has 30 heavy (non-hydrogen) atoms. The minimum absolute atomic E-state index is 0.212. The highest BCUT2D eigenvalue weighted by Crippen LogP contribution is 2.32. The van der Waals surface area contributed by atoms with Gasteiger partial charge in [0.2, 0.25) is 0 Å². The molecule has 0 spiro atoms. The molecule has 8 heteroatoms. The Kier molecular flexibility index (Phi) is 5.41. The van der Waals surface area contributed by atoms with E-state index in [2.05, 4.69) is 10.4 Å². The van der Waals surface area contributed by atoms with Crippen molar-refractivity contribution in [1.82, 2.24) is 9.78 Å². The summed E-state index contributed by atoms with van der Waals surface area (Å²) in [5, 5.41) is 8.39. The molecule has 154 valence electrons. The van der Waals surface area contributed by atoms with Gasteiger partial charge in [-0.1, -0.05) is 12.1 Å². The van der Waals surface area contributed by atoms with Crippen molar-refractivity contribution in [2.24, 2.45) is 0 Å². The minimum atomic E-state index is -0.272. The number of fused-ring (bicyclic) bond motifs is 1. The van der Waals surface area contributed by atoms with E-state index in [0.29, 0.717) is 28.6 Å². The zero-order valence-corrected chi connectivity index (χ0v) is 17.5. The number of ether oxygens (including phenoxy) is 2. The van der Waals surface area contributed by atoms with Crippen LogP contribution in [0.2, 0.25) is 0 Å². The van der Waals surface area contributed by atoms with Gasteiger partial charge in [0.1, 0.15) is 10.6 Å². The van der Waals surface area contributed by atoms with Gasteiger partial charge < -0.3 is 14.8 Å². The molecule has 2 aromatic carbocycles. The van der Waals surface area contributed by atoms with Crippen LogP contribution in [0, 0.1) is 12.7 Å². The molecule has 2 heterocycles. The highest BCUT2D eigenvalue weighted by atomic mass is 32.1. The second kappa shape index (κ2) is 8.16. The van der Waals surface area contributed by atoms with E-state index in [1.165, 1.54) is 23.5 Å². The Labute approximate surface area is 176 Å². The molecule has 0 atom stereocenters. The number of rotatable bonds is 6. The van der Waals surface area contributed by atoms with E-state index in [9.17, 15) is 9.18 Å². The van der Waals surface area contributed by atoms with Crippen molar-refractivity contribution in [3.63, 3.8) is 0 Å². The summed E-state index contributed by atoms with van der Waals surface area (Å²) in [6.07, 6.45) is 0. The quantitative estimate of drug-likeness (QED) is 0.479. The van der Waals surface area contributed by atoms with Crippen molar-refractivity contribution in [2.75, 3.05) is 19.5 Å². The van der Waals surface area contributed by atoms with Crippen LogP contribution in [0.5, 0.6) is 11.5 Å². The van der Waals surface area contributed by atoms with Crippen LogP contribution in [-0.2, 0) is 6.54 Å². The number of benzene rings is 2. The minimum Gasteiger partial charge on any atom is -0.493 e. The zero-order valence-electron chi connectivity index (χ0n) is 16.7. The second-order valence-corrected chi connectivity index (χ2v) is 7.75. The summed E-state index contributed by atoms with van der Waals surface area (Å²) in [6.45, 7) is 2.41. The second-order valence-electron chi connectivity index (χ2n) is 6.72. The molecule has 4 aromatic rings. The largest absolute Gasteiger partial charge is 0.493 e. The lowest BCUT2D eigenvalue weighted by Crippen LogP contribution is -2.10. The van der Waals surface area contributed by atoms with Gasteiger partial charge in [-0.2, -0.15) is 5.10 Å². The number of aryl methyl sites for hydroxylation is 1. The van der Waals surface area contributed by atoms with Gasteiger partial charge in [0.05, 0.1) is 31.3 Å². The first-order valence-corrected chi connectivity index (χ1v) is 10.0. The lowest BCUT2D eigenvalue weighted by atomic mass is 10.2. The molecule has 1 amide bonds. The number of aromatic nitrogens is 2. The molecule has 0 fully saturated rings. The topological polar surface area (TPSA) is 65.4 Å². The summed E-state index contributed by atoms with van der Waals surface area (Å²) in [7, 11) is 3.11. The Bertz CT molecular complexity index is 1210. The molecule has 0 aliphatic carbocycles. The Balaban J connectivity index is 1.59. The Morgan fingerprint density at radius 3 is 2.53 bits per heavy atom. The average molecular weight is 425 g/mol. The fraction of sp³-hybridized carbons (Fsp3) is 0.182. The van der Waals surface area contributed by atoms with Gasteiger partial charge in [-0.15, -0.1) is 11.3 Å². The number of hydrogen-bond donors (Lipinski definition) is 1. The number of carbonyl (C=O) groups is 1. The van der Waals surface area contributed by atoms with Gasteiger partial charge in [-0.25, -0.2) is 4.39 Å². The molecule has 0 saturated carbocycles. The fourth-order valence-corrected chi connectivity index (χ4v) is 4.26. The summed E-state index contributed by atoms with van der Waals surface area (Å²) in [6, 6.07) is 13.4. The number of halogens is 1. The monoisotopic (exact) mass is 425 g/mol. The highest BCUT2D eigenvalue weighted by Gasteiger charge is 2.17. The van der Waals surface area contributed by atoms with Crippen LogP contribution in [0.1, 0.15) is 20.9 Å². The number of carbonyl (C=O) groups excluding carboxylic acids is 1. The van der Waals surface area contributed by atoms with Crippen LogP contribution in [0.15, 0.2) is 48.5 Å². The molecule has 1 N–H and O–H groups in total. The van der Waals surface area contributed by atoms with Crippen LogP contribution in [-0.4, -0.2) is 29.9 Å². The molecule has 0 unspecified atom stereocenters. The highest BCUT2D eigenvalue weighted by molar-refractivity contribution is 7.20. The van der Waals surface area contributed by atoms with Crippen LogP contribution >= 0.6 is 11.3 Å². The van der Waals surface area contributed by atoms with Crippen LogP contribution < -0.4 is 14.8 Å². The molecule has 0 aliphatic heterocycles. The van der Waals surface area contributed by atoms with Crippen molar-refractivity contribution in [2.45, 2.75) is 13.5 Å². The predicted molar refractivity (Wildman–Crippen MR) is 115 cm³/mol. The molecular formula is C22H20FN3O3S. The number of amides is 1. The van der Waals surface area contributed by atoms with E-state index in [-0.39, 0.29) is 11.7 Å². The first-order chi connectivity index (χ1) is 14.5. The molecule has 0 radical (unpaired) electrons. The normalized spacial score (nSPS) is 10.9. The maximum atomic E-state index is 13.2. The maximum absolute atomic E-state index is 13.2. The molecule has 0 aliphatic rings. The molecule has 0 bridgehead atoms. The lowest BCUT2D eigenvalue weighted by molar-refractivity contribution is 0.103. The number of anilines is 1. The van der Waals surface area contributed by atoms with Crippen molar-refractivity contribution in [1.29, 1.82) is 0 Å². The number of methoxy groups -OCH3 is 2. The van der Waals surface area contributed by atoms with E-state index in [0.717, 1.165) is 21.5 Å². The number of thiophene rings is 1. The van der Waals surface area contributed by atoms with E-state index >= 15 is 0 Å². The van der Waals surface area contributed by atoms with Gasteiger partial charge in [0, 0.05) is 17.1 Å². The van der Waals surface area contributed by atoms with Gasteiger partial charge in [0.25, 0.3) is 5.91 Å². The lowest BCUT2D eigenvalue weighted by Gasteiger charge is -2.10. The van der Waals surface area contributed by atoms with Gasteiger partial charge in [0.15, 0.2) is 11.5 Å². The zero-order chi connectivity index (χ0) is 21.3. The van der Waals surface area contributed by atoms with Gasteiger partial charge in [-0.3, -0.25) is 9.48 Å². The van der Waals surface area contributed by atoms with E-state index in [4.69, 9.17) is 9.47 Å². The number of hydrogen-bond acceptors (Lipinski definition) is 5. The summed E-state index contributed by atoms with van der Waals surface area (Å²) >= 11 is 1.37. The fourth-order valence-electron chi connectivity index (χ4n) is 3.20. The van der Waals surface area contributed by atoms with Crippen molar-refractivity contribution in [3.8, 4) is 11.5 Å². The summed E-state index contributed by atoms with van der Waals surface area (Å²) in [5.74, 6) is 0.647. The number of nitrogens with one attached hydrogen (secondary N) is 1. The van der Waals surface area contributed by atoms with Gasteiger partial charge >= 0.3 is 0 Å². The molecule has 4 rings (SSSR count). The molecule has 6 nitrogen and oxygen atoms in total. The third kappa shape index (κ3) is 3.86. The predicted octanol–water partition coefficient (Wildman–Crippen LogP) is 4.86. The summed E-state index contributed by atoms with van der Waals surface area (Å²) in [4.78, 5) is 14.3. The van der Waals surface area contributed by atoms with E-state index in [1.54, 1.807) is 44.6 Å². The summed E-state index contributed by atoms with van der Waals surface area (Å²) < 4.78 is 25.5. The van der Waals surface area contributed by atoms with E-state index < -0.39 is 0 Å². The Hall–Kier alpha value is -3.39. The standard InChI is InChI=1S/C22H20FN3O3S/c1-13-17-11-20(21(27)24-16-8-9-18(28-2)19(10-16)29-3)30-22(17)26(25-13)12-14-4-6-15(23)7-5-14/h4-11H,12H2,1-3H3,(H,24,27). The maximum Gasteiger partial charge on any atom is 0.265 e. The molecule has 0 saturated heterocycles. The molecular weight excluding hydrogens is 405 g/mol. The van der Waals surface area contributed by atoms with Crippen molar-refractivity contribution in [3.05, 3.63) is 70.5 Å². The van der Waals surface area contributed by atoms with E-state index in [1.807, 2.05) is 17.7 Å². The van der Waals surface area contributed by atoms with Crippen LogP contribution in [0.4, 0.5) is 10.1 Å². The average Bonchev–Trinajstić information content (AvgIpc) is 3.31. The smallest absolute Gasteiger partial charge is 0.265 e. The Morgan fingerprint density at radius 2 is 1.83 bits per heavy atom. The first kappa shape index (κ1) is 19.9. The van der Waals surface area contributed by atoms with Crippen LogP contribution in [0.25, 0.3) is 10.2 Å². The SMILES string of the molecule is COc1ccc(NC(=O)c2cc3c(C)nn(Cc4ccc(F)cc4)c3s2)cc1OC. The van der Waals surface area contributed by atoms with Crippen molar-refractivity contribution >= 4 is 33.1 Å². The number of nitrogens with zero attached hydrogens (tertiary/aromatic N) is 2. The molecule has 2 aromatic heterocycles. The van der Waals surface area contributed by atoms with Crippen LogP contribution in [0.3, 0.4) is 0 Å². The summed E-state index contributed by atoms with van der Waals surface area (Å²) in [5.41, 5.74) is 2.39. The third-order valence-electron chi connectivity index (χ3n) is 4.72. The van der Waals surface area contributed by atoms with Gasteiger partial charge in [-0.05, 0) is 42.8 Å². The Morgan fingerprint density at radius 1 is 1.10 bits per heavy atom. The van der Waals surface area contributed by atoms with Crippen molar-refractivity contribution < 1.29 is 18.7 Å². The third-order valence-corrected chi connectivity index (χ3v) is 5.87. The first-order valence-electron chi connectivity index (χ1n) is 9.23.